The second kappa shape index (κ2) is 8.31. The smallest absolute Gasteiger partial charge is 0.207 e. The molecular weight excluding hydrogens is 410 g/mol. The molecule has 2 aromatic rings. The minimum Gasteiger partial charge on any atom is -0.207 e. The number of hydrogen-bond donors (Lipinski definition) is 0. The van der Waals surface area contributed by atoms with Gasteiger partial charge in [0.05, 0.1) is 4.90 Å². The Labute approximate surface area is 173 Å². The van der Waals surface area contributed by atoms with Crippen LogP contribution in [-0.2, 0) is 20.2 Å². The summed E-state index contributed by atoms with van der Waals surface area (Å²) in [6.45, 7) is 1.82. The zero-order chi connectivity index (χ0) is 20.5. The fourth-order valence-corrected chi connectivity index (χ4v) is 7.18. The third kappa shape index (κ3) is 4.20. The van der Waals surface area contributed by atoms with E-state index in [1.807, 2.05) is 30.3 Å². The van der Waals surface area contributed by atoms with Crippen molar-refractivity contribution < 1.29 is 16.8 Å². The van der Waals surface area contributed by atoms with Gasteiger partial charge in [-0.15, -0.1) is 0 Å². The van der Waals surface area contributed by atoms with Crippen molar-refractivity contribution in [3.63, 3.8) is 0 Å². The summed E-state index contributed by atoms with van der Waals surface area (Å²) in [5, 5.41) is 1.86. The van der Waals surface area contributed by atoms with Crippen LogP contribution in [0.1, 0.15) is 25.7 Å². The lowest BCUT2D eigenvalue weighted by Crippen LogP contribution is -2.54. The number of benzene rings is 2. The Balaban J connectivity index is 1.48. The monoisotopic (exact) mass is 437 g/mol. The zero-order valence-corrected chi connectivity index (χ0v) is 18.0. The van der Waals surface area contributed by atoms with Crippen molar-refractivity contribution in [3.8, 4) is 0 Å². The lowest BCUT2D eigenvalue weighted by molar-refractivity contribution is 0.254. The van der Waals surface area contributed by atoms with Crippen LogP contribution >= 0.6 is 0 Å². The molecule has 0 aromatic heterocycles. The van der Waals surface area contributed by atoms with Crippen molar-refractivity contribution in [1.29, 1.82) is 0 Å². The van der Waals surface area contributed by atoms with E-state index >= 15 is 0 Å². The molecule has 0 N–H and O–H groups in total. The molecule has 7 nitrogen and oxygen atoms in total. The zero-order valence-electron chi connectivity index (χ0n) is 16.4. The van der Waals surface area contributed by atoms with Crippen molar-refractivity contribution in [3.05, 3.63) is 42.5 Å². The molecule has 0 spiro atoms. The van der Waals surface area contributed by atoms with Gasteiger partial charge in [0.1, 0.15) is 0 Å². The van der Waals surface area contributed by atoms with Crippen molar-refractivity contribution in [2.75, 3.05) is 39.3 Å². The van der Waals surface area contributed by atoms with Crippen LogP contribution in [-0.4, -0.2) is 69.0 Å². The van der Waals surface area contributed by atoms with Gasteiger partial charge in [0.25, 0.3) is 10.2 Å². The number of sulfonamides is 1. The molecular formula is C20H27N3O4S2. The highest BCUT2D eigenvalue weighted by Crippen LogP contribution is 2.24. The largest absolute Gasteiger partial charge is 0.282 e. The number of nitrogens with zero attached hydrogens (tertiary/aromatic N) is 3. The van der Waals surface area contributed by atoms with Gasteiger partial charge in [0, 0.05) is 39.3 Å². The van der Waals surface area contributed by atoms with Crippen LogP contribution in [0.15, 0.2) is 47.4 Å². The van der Waals surface area contributed by atoms with Crippen LogP contribution in [0.5, 0.6) is 0 Å². The van der Waals surface area contributed by atoms with E-state index in [2.05, 4.69) is 0 Å². The topological polar surface area (TPSA) is 78.0 Å². The van der Waals surface area contributed by atoms with Gasteiger partial charge in [-0.1, -0.05) is 43.2 Å². The first kappa shape index (κ1) is 20.7. The molecule has 0 unspecified atom stereocenters. The summed E-state index contributed by atoms with van der Waals surface area (Å²) in [5.41, 5.74) is 0. The maximum absolute atomic E-state index is 13.1. The first-order valence-corrected chi connectivity index (χ1v) is 13.0. The normalized spacial score (nSPS) is 21.2. The molecule has 2 heterocycles. The molecule has 0 atom stereocenters. The second-order valence-electron chi connectivity index (χ2n) is 7.63. The van der Waals surface area contributed by atoms with Crippen LogP contribution in [0.3, 0.4) is 0 Å². The van der Waals surface area contributed by atoms with Crippen LogP contribution in [0.2, 0.25) is 0 Å². The highest BCUT2D eigenvalue weighted by molar-refractivity contribution is 7.89. The van der Waals surface area contributed by atoms with E-state index < -0.39 is 20.2 Å². The molecule has 2 aliphatic heterocycles. The summed E-state index contributed by atoms with van der Waals surface area (Å²) < 4.78 is 56.5. The lowest BCUT2D eigenvalue weighted by atomic mass is 10.1. The molecule has 0 saturated carbocycles. The van der Waals surface area contributed by atoms with Gasteiger partial charge < -0.3 is 0 Å². The summed E-state index contributed by atoms with van der Waals surface area (Å²) in [6, 6.07) is 12.7. The molecule has 29 heavy (non-hydrogen) atoms. The highest BCUT2D eigenvalue weighted by atomic mass is 32.2. The van der Waals surface area contributed by atoms with E-state index in [1.165, 1.54) is 8.61 Å². The van der Waals surface area contributed by atoms with Crippen molar-refractivity contribution in [1.82, 2.24) is 12.9 Å². The van der Waals surface area contributed by atoms with Gasteiger partial charge in [0.2, 0.25) is 10.0 Å². The number of hydrogen-bond acceptors (Lipinski definition) is 4. The number of fused-ring (bicyclic) bond motifs is 1. The molecule has 9 heteroatoms. The van der Waals surface area contributed by atoms with Gasteiger partial charge in [-0.2, -0.15) is 21.3 Å². The summed E-state index contributed by atoms with van der Waals surface area (Å²) in [5.74, 6) is 0. The van der Waals surface area contributed by atoms with Gasteiger partial charge in [0.15, 0.2) is 0 Å². The molecule has 4 rings (SSSR count). The predicted molar refractivity (Wildman–Crippen MR) is 113 cm³/mol. The lowest BCUT2D eigenvalue weighted by Gasteiger charge is -2.36. The summed E-state index contributed by atoms with van der Waals surface area (Å²) in [7, 11) is -7.18. The second-order valence-corrected chi connectivity index (χ2v) is 11.5. The quantitative estimate of drug-likeness (QED) is 0.735. The third-order valence-corrected chi connectivity index (χ3v) is 9.70. The molecule has 2 fully saturated rings. The Bertz CT molecular complexity index is 1070. The predicted octanol–water partition coefficient (Wildman–Crippen LogP) is 2.27. The minimum absolute atomic E-state index is 0.169. The van der Waals surface area contributed by atoms with Crippen LogP contribution in [0, 0.1) is 0 Å². The molecule has 0 aliphatic carbocycles. The van der Waals surface area contributed by atoms with E-state index in [0.29, 0.717) is 13.1 Å². The summed E-state index contributed by atoms with van der Waals surface area (Å²) >= 11 is 0. The SMILES string of the molecule is O=S(=O)(c1ccc2ccccc2c1)N1CCN(S(=O)(=O)N2CCCCCC2)CC1. The van der Waals surface area contributed by atoms with Gasteiger partial charge in [-0.05, 0) is 35.7 Å². The molecule has 2 aliphatic rings. The maximum Gasteiger partial charge on any atom is 0.282 e. The van der Waals surface area contributed by atoms with Crippen molar-refractivity contribution in [2.45, 2.75) is 30.6 Å². The molecule has 0 amide bonds. The minimum atomic E-state index is -3.65. The molecule has 2 aromatic carbocycles. The van der Waals surface area contributed by atoms with Gasteiger partial charge in [-0.3, -0.25) is 0 Å². The standard InChI is InChI=1S/C20H27N3O4S2/c24-28(25,20-10-9-18-7-3-4-8-19(18)17-20)21-13-15-23(16-14-21)29(26,27)22-11-5-1-2-6-12-22/h3-4,7-10,17H,1-2,5-6,11-16H2. The Morgan fingerprint density at radius 3 is 1.79 bits per heavy atom. The summed E-state index contributed by atoms with van der Waals surface area (Å²) in [4.78, 5) is 0.250. The van der Waals surface area contributed by atoms with Crippen molar-refractivity contribution in [2.24, 2.45) is 0 Å². The Morgan fingerprint density at radius 1 is 0.586 bits per heavy atom. The van der Waals surface area contributed by atoms with E-state index in [1.54, 1.807) is 16.4 Å². The van der Waals surface area contributed by atoms with E-state index in [9.17, 15) is 16.8 Å². The first-order chi connectivity index (χ1) is 13.9. The van der Waals surface area contributed by atoms with Crippen LogP contribution in [0.4, 0.5) is 0 Å². The van der Waals surface area contributed by atoms with Crippen LogP contribution < -0.4 is 0 Å². The van der Waals surface area contributed by atoms with E-state index in [-0.39, 0.29) is 31.1 Å². The molecule has 2 saturated heterocycles. The third-order valence-electron chi connectivity index (χ3n) is 5.77. The van der Waals surface area contributed by atoms with Crippen LogP contribution in [0.25, 0.3) is 10.8 Å². The fourth-order valence-electron chi connectivity index (χ4n) is 4.05. The van der Waals surface area contributed by atoms with Crippen molar-refractivity contribution >= 4 is 31.0 Å². The molecule has 158 valence electrons. The Morgan fingerprint density at radius 2 is 1.14 bits per heavy atom. The van der Waals surface area contributed by atoms with E-state index in [4.69, 9.17) is 0 Å². The van der Waals surface area contributed by atoms with E-state index in [0.717, 1.165) is 36.5 Å². The van der Waals surface area contributed by atoms with Gasteiger partial charge in [-0.25, -0.2) is 8.42 Å². The van der Waals surface area contributed by atoms with Gasteiger partial charge >= 0.3 is 0 Å². The fraction of sp³-hybridized carbons (Fsp3) is 0.500. The number of rotatable bonds is 4. The first-order valence-electron chi connectivity index (χ1n) is 10.1. The summed E-state index contributed by atoms with van der Waals surface area (Å²) in [6.07, 6.45) is 3.89. The Kier molecular flexibility index (Phi) is 5.94. The number of piperazine rings is 1. The highest BCUT2D eigenvalue weighted by Gasteiger charge is 2.36. The Hall–Kier alpha value is -1.52. The molecule has 0 bridgehead atoms. The maximum atomic E-state index is 13.1. The average Bonchev–Trinajstić information content (AvgIpc) is 3.04. The molecule has 0 radical (unpaired) electrons. The average molecular weight is 438 g/mol.